The lowest BCUT2D eigenvalue weighted by Gasteiger charge is -2.36. The maximum Gasteiger partial charge on any atom is 0.237 e. The molecule has 1 aliphatic heterocycles. The number of carbonyl (C=O) groups is 1. The van der Waals surface area contributed by atoms with Gasteiger partial charge >= 0.3 is 0 Å². The summed E-state index contributed by atoms with van der Waals surface area (Å²) in [6.45, 7) is 3.67. The summed E-state index contributed by atoms with van der Waals surface area (Å²) in [5.74, 6) is 2.29. The molecule has 0 spiro atoms. The monoisotopic (exact) mass is 408 g/mol. The lowest BCUT2D eigenvalue weighted by Crippen LogP contribution is -2.43. The predicted molar refractivity (Wildman–Crippen MR) is 118 cm³/mol. The van der Waals surface area contributed by atoms with Gasteiger partial charge in [-0.05, 0) is 57.8 Å². The molecule has 7 heteroatoms. The number of aromatic nitrogens is 4. The zero-order chi connectivity index (χ0) is 20.8. The van der Waals surface area contributed by atoms with Crippen molar-refractivity contribution in [2.24, 2.45) is 5.92 Å². The molecule has 0 bridgehead atoms. The Balaban J connectivity index is 1.38. The number of anilines is 1. The molecule has 3 heterocycles. The highest BCUT2D eigenvalue weighted by atomic mass is 16.1. The number of hydrogen-bond donors (Lipinski definition) is 1. The molecule has 7 nitrogen and oxygen atoms in total. The van der Waals surface area contributed by atoms with Crippen molar-refractivity contribution in [3.63, 3.8) is 0 Å². The Bertz CT molecular complexity index is 863. The minimum atomic E-state index is 0.146. The van der Waals surface area contributed by atoms with Gasteiger partial charge in [0, 0.05) is 49.7 Å². The molecule has 1 amide bonds. The molecule has 1 N–H and O–H groups in total. The lowest BCUT2D eigenvalue weighted by molar-refractivity contribution is -0.121. The third-order valence-corrected chi connectivity index (χ3v) is 6.10. The molecule has 1 saturated heterocycles. The van der Waals surface area contributed by atoms with Crippen LogP contribution in [0.15, 0.2) is 36.9 Å². The van der Waals surface area contributed by atoms with E-state index in [4.69, 9.17) is 4.98 Å². The molecule has 30 heavy (non-hydrogen) atoms. The van der Waals surface area contributed by atoms with Crippen LogP contribution in [0.5, 0.6) is 0 Å². The number of nitrogens with zero attached hydrogens (tertiary/aromatic N) is 5. The summed E-state index contributed by atoms with van der Waals surface area (Å²) >= 11 is 0. The molecule has 160 valence electrons. The molecule has 2 aromatic heterocycles. The van der Waals surface area contributed by atoms with Gasteiger partial charge in [0.1, 0.15) is 12.1 Å². The summed E-state index contributed by atoms with van der Waals surface area (Å²) in [7, 11) is 0. The van der Waals surface area contributed by atoms with E-state index in [9.17, 15) is 4.79 Å². The molecular formula is C23H32N6O. The maximum absolute atomic E-state index is 12.6. The maximum atomic E-state index is 12.6. The molecule has 4 rings (SSSR count). The quantitative estimate of drug-likeness (QED) is 0.709. The molecular weight excluding hydrogens is 376 g/mol. The Hall–Kier alpha value is -2.70. The number of carbonyl (C=O) groups excluding carboxylic acids is 1. The molecule has 2 aromatic rings. The first-order chi connectivity index (χ1) is 14.7. The van der Waals surface area contributed by atoms with Crippen molar-refractivity contribution in [2.45, 2.75) is 64.3 Å². The average molecular weight is 409 g/mol. The third kappa shape index (κ3) is 5.26. The Morgan fingerprint density at radius 3 is 2.97 bits per heavy atom. The predicted octanol–water partition coefficient (Wildman–Crippen LogP) is 3.58. The minimum Gasteiger partial charge on any atom is -0.356 e. The van der Waals surface area contributed by atoms with Crippen LogP contribution in [0.4, 0.5) is 5.82 Å². The van der Waals surface area contributed by atoms with Crippen molar-refractivity contribution in [1.82, 2.24) is 24.8 Å². The van der Waals surface area contributed by atoms with E-state index in [2.05, 4.69) is 32.3 Å². The van der Waals surface area contributed by atoms with E-state index in [1.807, 2.05) is 23.8 Å². The van der Waals surface area contributed by atoms with Crippen molar-refractivity contribution < 1.29 is 4.79 Å². The fourth-order valence-electron chi connectivity index (χ4n) is 4.50. The first-order valence-corrected chi connectivity index (χ1v) is 11.2. The minimum absolute atomic E-state index is 0.146. The highest BCUT2D eigenvalue weighted by molar-refractivity contribution is 5.77. The number of piperidine rings is 1. The third-order valence-electron chi connectivity index (χ3n) is 6.10. The summed E-state index contributed by atoms with van der Waals surface area (Å²) in [6.07, 6.45) is 18.4. The number of nitrogens with one attached hydrogen (secondary N) is 1. The summed E-state index contributed by atoms with van der Waals surface area (Å²) in [5, 5.41) is 3.15. The van der Waals surface area contributed by atoms with E-state index in [1.54, 1.807) is 12.5 Å². The Labute approximate surface area is 178 Å². The van der Waals surface area contributed by atoms with E-state index in [1.165, 1.54) is 19.3 Å². The van der Waals surface area contributed by atoms with Crippen LogP contribution in [0.3, 0.4) is 0 Å². The van der Waals surface area contributed by atoms with Gasteiger partial charge < -0.3 is 10.2 Å². The van der Waals surface area contributed by atoms with Gasteiger partial charge in [0.2, 0.25) is 11.9 Å². The van der Waals surface area contributed by atoms with Gasteiger partial charge in [0.05, 0.1) is 0 Å². The molecule has 2 unspecified atom stereocenters. The second-order valence-electron chi connectivity index (χ2n) is 8.44. The normalized spacial score (nSPS) is 21.6. The van der Waals surface area contributed by atoms with E-state index < -0.39 is 0 Å². The van der Waals surface area contributed by atoms with Crippen LogP contribution in [-0.2, 0) is 4.79 Å². The summed E-state index contributed by atoms with van der Waals surface area (Å²) in [5.41, 5.74) is 0.915. The highest BCUT2D eigenvalue weighted by Crippen LogP contribution is 2.26. The van der Waals surface area contributed by atoms with Crippen LogP contribution < -0.4 is 10.2 Å². The van der Waals surface area contributed by atoms with Crippen LogP contribution in [0.2, 0.25) is 0 Å². The van der Waals surface area contributed by atoms with E-state index in [-0.39, 0.29) is 11.9 Å². The van der Waals surface area contributed by atoms with Crippen molar-refractivity contribution in [3.8, 4) is 5.95 Å². The van der Waals surface area contributed by atoms with Crippen molar-refractivity contribution in [3.05, 3.63) is 42.6 Å². The van der Waals surface area contributed by atoms with Gasteiger partial charge in [-0.3, -0.25) is 9.36 Å². The highest BCUT2D eigenvalue weighted by Gasteiger charge is 2.26. The molecule has 2 aliphatic rings. The molecule has 2 atom stereocenters. The number of hydrogen-bond acceptors (Lipinski definition) is 5. The van der Waals surface area contributed by atoms with Gasteiger partial charge in [-0.1, -0.05) is 12.2 Å². The second-order valence-corrected chi connectivity index (χ2v) is 8.44. The van der Waals surface area contributed by atoms with Gasteiger partial charge in [-0.15, -0.1) is 0 Å². The first-order valence-electron chi connectivity index (χ1n) is 11.2. The zero-order valence-corrected chi connectivity index (χ0v) is 17.8. The van der Waals surface area contributed by atoms with Crippen LogP contribution >= 0.6 is 0 Å². The van der Waals surface area contributed by atoms with Crippen LogP contribution in [-0.4, -0.2) is 44.6 Å². The van der Waals surface area contributed by atoms with E-state index >= 15 is 0 Å². The zero-order valence-electron chi connectivity index (χ0n) is 17.8. The molecule has 0 aromatic carbocycles. The first kappa shape index (κ1) is 20.6. The fraction of sp³-hybridized carbons (Fsp3) is 0.565. The largest absolute Gasteiger partial charge is 0.356 e. The fourth-order valence-corrected chi connectivity index (χ4v) is 4.50. The van der Waals surface area contributed by atoms with Crippen molar-refractivity contribution in [1.29, 1.82) is 0 Å². The lowest BCUT2D eigenvalue weighted by atomic mass is 9.93. The molecule has 1 aliphatic carbocycles. The standard InChI is InChI=1S/C23H32N6O/c1-18-15-21(27-23(26-18)28-14-12-24-17-28)29-13-6-5-9-20(29)16-22(30)25-11-10-19-7-3-2-4-8-19/h3,7,12,14-15,17,19-20H,2,4-6,8-11,13,16H2,1H3,(H,25,30). The van der Waals surface area contributed by atoms with Gasteiger partial charge in [-0.25, -0.2) is 9.97 Å². The SMILES string of the molecule is Cc1cc(N2CCCCC2CC(=O)NCCC2C=CCCC2)nc(-n2ccnc2)n1. The number of amides is 1. The number of rotatable bonds is 7. The summed E-state index contributed by atoms with van der Waals surface area (Å²) in [6, 6.07) is 2.20. The number of allylic oxidation sites excluding steroid dienone is 2. The molecule has 0 saturated carbocycles. The Kier molecular flexibility index (Phi) is 6.77. The smallest absolute Gasteiger partial charge is 0.237 e. The Morgan fingerprint density at radius 2 is 2.17 bits per heavy atom. The van der Waals surface area contributed by atoms with Crippen LogP contribution in [0.1, 0.15) is 57.1 Å². The summed E-state index contributed by atoms with van der Waals surface area (Å²) < 4.78 is 1.82. The topological polar surface area (TPSA) is 75.9 Å². The number of aryl methyl sites for hydroxylation is 1. The Morgan fingerprint density at radius 1 is 1.23 bits per heavy atom. The number of imidazole rings is 1. The second kappa shape index (κ2) is 9.87. The van der Waals surface area contributed by atoms with Crippen molar-refractivity contribution in [2.75, 3.05) is 18.0 Å². The van der Waals surface area contributed by atoms with Gasteiger partial charge in [-0.2, -0.15) is 4.98 Å². The molecule has 0 radical (unpaired) electrons. The molecule has 1 fully saturated rings. The van der Waals surface area contributed by atoms with Crippen molar-refractivity contribution >= 4 is 11.7 Å². The van der Waals surface area contributed by atoms with Crippen LogP contribution in [0.25, 0.3) is 5.95 Å². The van der Waals surface area contributed by atoms with E-state index in [0.717, 1.165) is 50.3 Å². The summed E-state index contributed by atoms with van der Waals surface area (Å²) in [4.78, 5) is 28.4. The van der Waals surface area contributed by atoms with Crippen LogP contribution in [0, 0.1) is 12.8 Å². The van der Waals surface area contributed by atoms with Gasteiger partial charge in [0.15, 0.2) is 0 Å². The average Bonchev–Trinajstić information content (AvgIpc) is 3.29. The van der Waals surface area contributed by atoms with Gasteiger partial charge in [0.25, 0.3) is 0 Å². The van der Waals surface area contributed by atoms with E-state index in [0.29, 0.717) is 18.3 Å².